The highest BCUT2D eigenvalue weighted by atomic mass is 32.2. The van der Waals surface area contributed by atoms with E-state index in [-0.39, 0.29) is 0 Å². The number of benzene rings is 3. The first kappa shape index (κ1) is 19.4. The Morgan fingerprint density at radius 1 is 0.839 bits per heavy atom. The molecule has 7 heteroatoms. The second kappa shape index (κ2) is 8.28. The number of nitrogens with zero attached hydrogens (tertiary/aromatic N) is 4. The molecule has 154 valence electrons. The third-order valence-electron chi connectivity index (χ3n) is 5.14. The van der Waals surface area contributed by atoms with Gasteiger partial charge in [-0.1, -0.05) is 54.2 Å². The van der Waals surface area contributed by atoms with Crippen LogP contribution in [0.2, 0.25) is 0 Å². The molecule has 6 nitrogen and oxygen atoms in total. The zero-order valence-electron chi connectivity index (χ0n) is 17.1. The van der Waals surface area contributed by atoms with Crippen molar-refractivity contribution >= 4 is 28.2 Å². The highest BCUT2D eigenvalue weighted by Crippen LogP contribution is 2.32. The van der Waals surface area contributed by atoms with Crippen molar-refractivity contribution in [3.63, 3.8) is 0 Å². The Hall–Kier alpha value is -3.58. The number of ether oxygens (including phenoxy) is 2. The number of hydrogen-bond acceptors (Lipinski definition) is 6. The van der Waals surface area contributed by atoms with E-state index in [9.17, 15) is 0 Å². The summed E-state index contributed by atoms with van der Waals surface area (Å²) in [5, 5.41) is 16.8. The van der Waals surface area contributed by atoms with Gasteiger partial charge in [0.1, 0.15) is 5.03 Å². The Morgan fingerprint density at radius 3 is 2.55 bits per heavy atom. The van der Waals surface area contributed by atoms with Crippen molar-refractivity contribution in [1.82, 2.24) is 19.8 Å². The molecule has 2 aromatic heterocycles. The SMILES string of the molecule is COc1ccc(-c2nnc3ccc(SCc4cccc5ccccc45)nn23)cc1OC. The van der Waals surface area contributed by atoms with Crippen molar-refractivity contribution in [3.8, 4) is 22.9 Å². The fourth-order valence-corrected chi connectivity index (χ4v) is 4.43. The van der Waals surface area contributed by atoms with Crippen LogP contribution in [-0.2, 0) is 5.75 Å². The Morgan fingerprint density at radius 2 is 1.68 bits per heavy atom. The first-order valence-electron chi connectivity index (χ1n) is 9.81. The van der Waals surface area contributed by atoms with E-state index in [1.54, 1.807) is 30.5 Å². The van der Waals surface area contributed by atoms with E-state index >= 15 is 0 Å². The number of fused-ring (bicyclic) bond motifs is 2. The zero-order chi connectivity index (χ0) is 21.2. The van der Waals surface area contributed by atoms with Gasteiger partial charge >= 0.3 is 0 Å². The van der Waals surface area contributed by atoms with Gasteiger partial charge in [0.25, 0.3) is 0 Å². The quantitative estimate of drug-likeness (QED) is 0.344. The lowest BCUT2D eigenvalue weighted by Gasteiger charge is -2.09. The topological polar surface area (TPSA) is 61.5 Å². The maximum atomic E-state index is 5.43. The van der Waals surface area contributed by atoms with Crippen LogP contribution in [-0.4, -0.2) is 34.0 Å². The summed E-state index contributed by atoms with van der Waals surface area (Å²) in [4.78, 5) is 0. The minimum atomic E-state index is 0.637. The van der Waals surface area contributed by atoms with Gasteiger partial charge < -0.3 is 9.47 Å². The Bertz CT molecular complexity index is 1380. The standard InChI is InChI=1S/C24H20N4O2S/c1-29-20-11-10-17(14-21(20)30-2)24-26-25-22-12-13-23(27-28(22)24)31-15-18-8-5-7-16-6-3-4-9-19(16)18/h3-14H,15H2,1-2H3. The van der Waals surface area contributed by atoms with E-state index < -0.39 is 0 Å². The second-order valence-corrected chi connectivity index (χ2v) is 7.96. The molecule has 0 fully saturated rings. The molecule has 5 rings (SSSR count). The van der Waals surface area contributed by atoms with Gasteiger partial charge in [0.05, 0.1) is 14.2 Å². The highest BCUT2D eigenvalue weighted by molar-refractivity contribution is 7.98. The number of hydrogen-bond donors (Lipinski definition) is 0. The van der Waals surface area contributed by atoms with Gasteiger partial charge in [0, 0.05) is 11.3 Å². The van der Waals surface area contributed by atoms with Gasteiger partial charge in [-0.25, -0.2) is 0 Å². The van der Waals surface area contributed by atoms with E-state index in [4.69, 9.17) is 14.6 Å². The summed E-state index contributed by atoms with van der Waals surface area (Å²) in [6, 6.07) is 24.4. The van der Waals surface area contributed by atoms with Gasteiger partial charge in [0.15, 0.2) is 23.0 Å². The zero-order valence-corrected chi connectivity index (χ0v) is 18.0. The van der Waals surface area contributed by atoms with Crippen LogP contribution in [0.15, 0.2) is 77.8 Å². The minimum Gasteiger partial charge on any atom is -0.493 e. The monoisotopic (exact) mass is 428 g/mol. The number of aromatic nitrogens is 4. The maximum absolute atomic E-state index is 5.43. The summed E-state index contributed by atoms with van der Waals surface area (Å²) in [6.45, 7) is 0. The predicted octanol–water partition coefficient (Wildman–Crippen LogP) is 5.25. The Labute approximate surface area is 183 Å². The van der Waals surface area contributed by atoms with Crippen LogP contribution in [0.25, 0.3) is 27.8 Å². The van der Waals surface area contributed by atoms with Crippen LogP contribution in [0.1, 0.15) is 5.56 Å². The molecule has 0 aliphatic carbocycles. The van der Waals surface area contributed by atoms with Crippen molar-refractivity contribution < 1.29 is 9.47 Å². The van der Waals surface area contributed by atoms with Gasteiger partial charge in [-0.15, -0.1) is 10.2 Å². The van der Waals surface area contributed by atoms with Crippen LogP contribution in [0.3, 0.4) is 0 Å². The second-order valence-electron chi connectivity index (χ2n) is 6.96. The molecule has 0 saturated carbocycles. The number of rotatable bonds is 6. The Balaban J connectivity index is 1.46. The normalized spacial score (nSPS) is 11.2. The molecule has 0 bridgehead atoms. The molecular weight excluding hydrogens is 408 g/mol. The molecule has 0 radical (unpaired) electrons. The summed E-state index contributed by atoms with van der Waals surface area (Å²) >= 11 is 1.69. The van der Waals surface area contributed by atoms with Crippen molar-refractivity contribution in [2.24, 2.45) is 0 Å². The van der Waals surface area contributed by atoms with Crippen LogP contribution in [0.5, 0.6) is 11.5 Å². The average molecular weight is 429 g/mol. The van der Waals surface area contributed by atoms with Crippen LogP contribution >= 0.6 is 11.8 Å². The molecule has 0 N–H and O–H groups in total. The van der Waals surface area contributed by atoms with E-state index in [0.717, 1.165) is 16.3 Å². The first-order chi connectivity index (χ1) is 15.3. The lowest BCUT2D eigenvalue weighted by atomic mass is 10.1. The summed E-state index contributed by atoms with van der Waals surface area (Å²) in [5.41, 5.74) is 2.84. The lowest BCUT2D eigenvalue weighted by Crippen LogP contribution is -1.98. The van der Waals surface area contributed by atoms with Crippen LogP contribution in [0, 0.1) is 0 Å². The molecule has 0 amide bonds. The molecule has 0 aliphatic rings. The first-order valence-corrected chi connectivity index (χ1v) is 10.8. The van der Waals surface area contributed by atoms with Crippen molar-refractivity contribution in [3.05, 3.63) is 78.4 Å². The summed E-state index contributed by atoms with van der Waals surface area (Å²) in [7, 11) is 3.23. The van der Waals surface area contributed by atoms with Gasteiger partial charge in [-0.2, -0.15) is 9.61 Å². The molecule has 31 heavy (non-hydrogen) atoms. The van der Waals surface area contributed by atoms with E-state index in [2.05, 4.69) is 52.7 Å². The smallest absolute Gasteiger partial charge is 0.185 e. The van der Waals surface area contributed by atoms with Crippen molar-refractivity contribution in [1.29, 1.82) is 0 Å². The lowest BCUT2D eigenvalue weighted by molar-refractivity contribution is 0.355. The summed E-state index contributed by atoms with van der Waals surface area (Å²) < 4.78 is 12.5. The van der Waals surface area contributed by atoms with Gasteiger partial charge in [-0.05, 0) is 46.7 Å². The Kier molecular flexibility index (Phi) is 5.18. The molecule has 0 aliphatic heterocycles. The minimum absolute atomic E-state index is 0.637. The number of methoxy groups -OCH3 is 2. The molecule has 0 spiro atoms. The molecular formula is C24H20N4O2S. The average Bonchev–Trinajstić information content (AvgIpc) is 3.25. The largest absolute Gasteiger partial charge is 0.493 e. The van der Waals surface area contributed by atoms with Gasteiger partial charge in [0.2, 0.25) is 0 Å². The fraction of sp³-hybridized carbons (Fsp3) is 0.125. The molecule has 2 heterocycles. The predicted molar refractivity (Wildman–Crippen MR) is 123 cm³/mol. The highest BCUT2D eigenvalue weighted by Gasteiger charge is 2.13. The van der Waals surface area contributed by atoms with E-state index in [1.807, 2.05) is 30.3 Å². The van der Waals surface area contributed by atoms with Crippen LogP contribution < -0.4 is 9.47 Å². The van der Waals surface area contributed by atoms with Crippen molar-refractivity contribution in [2.75, 3.05) is 14.2 Å². The molecule has 0 unspecified atom stereocenters. The van der Waals surface area contributed by atoms with Crippen molar-refractivity contribution in [2.45, 2.75) is 10.8 Å². The summed E-state index contributed by atoms with van der Waals surface area (Å²) in [5.74, 6) is 2.79. The van der Waals surface area contributed by atoms with E-state index in [1.165, 1.54) is 16.3 Å². The fourth-order valence-electron chi connectivity index (χ4n) is 3.57. The molecule has 0 saturated heterocycles. The summed E-state index contributed by atoms with van der Waals surface area (Å²) in [6.07, 6.45) is 0. The van der Waals surface area contributed by atoms with E-state index in [0.29, 0.717) is 23.0 Å². The maximum Gasteiger partial charge on any atom is 0.185 e. The third-order valence-corrected chi connectivity index (χ3v) is 6.10. The van der Waals surface area contributed by atoms with Crippen LogP contribution in [0.4, 0.5) is 0 Å². The molecule has 5 aromatic rings. The molecule has 0 atom stereocenters. The number of thioether (sulfide) groups is 1. The molecule has 3 aromatic carbocycles. The van der Waals surface area contributed by atoms with Gasteiger partial charge in [-0.3, -0.25) is 0 Å². The third kappa shape index (κ3) is 3.68.